The summed E-state index contributed by atoms with van der Waals surface area (Å²) in [6.45, 7) is 5.93. The molecule has 1 aromatic rings. The SMILES string of the molecule is C=CCC(NC)c1cccc(C)c1I. The Morgan fingerprint density at radius 2 is 2.29 bits per heavy atom. The van der Waals surface area contributed by atoms with Crippen LogP contribution in [0, 0.1) is 10.5 Å². The Balaban J connectivity index is 3.03. The standard InChI is InChI=1S/C12H16IN/c1-4-6-11(14-3)10-8-5-7-9(2)12(10)13/h4-5,7-8,11,14H,1,6H2,2-3H3. The van der Waals surface area contributed by atoms with E-state index in [1.54, 1.807) is 0 Å². The lowest BCUT2D eigenvalue weighted by molar-refractivity contribution is 0.600. The van der Waals surface area contributed by atoms with Crippen LogP contribution < -0.4 is 5.32 Å². The number of halogens is 1. The van der Waals surface area contributed by atoms with Gasteiger partial charge < -0.3 is 5.32 Å². The first kappa shape index (κ1) is 11.7. The van der Waals surface area contributed by atoms with Crippen molar-refractivity contribution in [3.63, 3.8) is 0 Å². The quantitative estimate of drug-likeness (QED) is 0.663. The summed E-state index contributed by atoms with van der Waals surface area (Å²) in [5.74, 6) is 0. The van der Waals surface area contributed by atoms with E-state index < -0.39 is 0 Å². The molecule has 1 unspecified atom stereocenters. The smallest absolute Gasteiger partial charge is 0.0363 e. The number of nitrogens with one attached hydrogen (secondary N) is 1. The van der Waals surface area contributed by atoms with E-state index in [4.69, 9.17) is 0 Å². The van der Waals surface area contributed by atoms with Gasteiger partial charge in [0.15, 0.2) is 0 Å². The molecule has 0 amide bonds. The van der Waals surface area contributed by atoms with Gasteiger partial charge in [-0.05, 0) is 54.1 Å². The molecule has 0 aliphatic rings. The highest BCUT2D eigenvalue weighted by Gasteiger charge is 2.11. The second-order valence-corrected chi connectivity index (χ2v) is 4.42. The fourth-order valence-corrected chi connectivity index (χ4v) is 2.24. The van der Waals surface area contributed by atoms with Gasteiger partial charge in [0.25, 0.3) is 0 Å². The Labute approximate surface area is 99.7 Å². The number of aryl methyl sites for hydroxylation is 1. The molecule has 1 nitrogen and oxygen atoms in total. The topological polar surface area (TPSA) is 12.0 Å². The van der Waals surface area contributed by atoms with Gasteiger partial charge in [-0.15, -0.1) is 6.58 Å². The molecule has 1 atom stereocenters. The lowest BCUT2D eigenvalue weighted by Crippen LogP contribution is -2.16. The van der Waals surface area contributed by atoms with Crippen LogP contribution in [-0.2, 0) is 0 Å². The van der Waals surface area contributed by atoms with Crippen molar-refractivity contribution in [3.05, 3.63) is 45.6 Å². The Hall–Kier alpha value is -0.350. The molecule has 76 valence electrons. The molecule has 1 aromatic carbocycles. The minimum absolute atomic E-state index is 0.388. The van der Waals surface area contributed by atoms with Gasteiger partial charge in [0, 0.05) is 9.61 Å². The minimum atomic E-state index is 0.388. The number of rotatable bonds is 4. The van der Waals surface area contributed by atoms with Gasteiger partial charge in [-0.3, -0.25) is 0 Å². The molecule has 0 heterocycles. The number of hydrogen-bond donors (Lipinski definition) is 1. The van der Waals surface area contributed by atoms with Crippen molar-refractivity contribution in [3.8, 4) is 0 Å². The van der Waals surface area contributed by atoms with Crippen LogP contribution in [0.4, 0.5) is 0 Å². The van der Waals surface area contributed by atoms with E-state index in [9.17, 15) is 0 Å². The first-order chi connectivity index (χ1) is 6.70. The van der Waals surface area contributed by atoms with E-state index >= 15 is 0 Å². The van der Waals surface area contributed by atoms with Gasteiger partial charge in [-0.1, -0.05) is 24.3 Å². The summed E-state index contributed by atoms with van der Waals surface area (Å²) < 4.78 is 1.35. The largest absolute Gasteiger partial charge is 0.313 e. The summed E-state index contributed by atoms with van der Waals surface area (Å²) >= 11 is 2.41. The average Bonchev–Trinajstić information content (AvgIpc) is 2.19. The van der Waals surface area contributed by atoms with Gasteiger partial charge in [0.2, 0.25) is 0 Å². The third-order valence-corrected chi connectivity index (χ3v) is 3.82. The van der Waals surface area contributed by atoms with E-state index in [0.29, 0.717) is 6.04 Å². The maximum atomic E-state index is 3.78. The zero-order valence-electron chi connectivity index (χ0n) is 8.68. The van der Waals surface area contributed by atoms with Crippen LogP contribution >= 0.6 is 22.6 Å². The molecule has 1 N–H and O–H groups in total. The predicted octanol–water partition coefficient (Wildman–Crippen LogP) is 3.44. The van der Waals surface area contributed by atoms with E-state index in [1.807, 2.05) is 13.1 Å². The van der Waals surface area contributed by atoms with Crippen molar-refractivity contribution in [2.75, 3.05) is 7.05 Å². The summed E-state index contributed by atoms with van der Waals surface area (Å²) in [5.41, 5.74) is 2.71. The zero-order chi connectivity index (χ0) is 10.6. The van der Waals surface area contributed by atoms with Gasteiger partial charge >= 0.3 is 0 Å². The minimum Gasteiger partial charge on any atom is -0.313 e. The molecule has 0 bridgehead atoms. The second kappa shape index (κ2) is 5.51. The first-order valence-corrected chi connectivity index (χ1v) is 5.81. The van der Waals surface area contributed by atoms with Crippen LogP contribution in [-0.4, -0.2) is 7.05 Å². The molecule has 0 saturated carbocycles. The van der Waals surface area contributed by atoms with E-state index in [2.05, 4.69) is 59.6 Å². The molecule has 0 radical (unpaired) electrons. The molecule has 2 heteroatoms. The number of hydrogen-bond acceptors (Lipinski definition) is 1. The molecular formula is C12H16IN. The Kier molecular flexibility index (Phi) is 4.62. The maximum Gasteiger partial charge on any atom is 0.0363 e. The molecule has 1 rings (SSSR count). The van der Waals surface area contributed by atoms with E-state index in [1.165, 1.54) is 14.7 Å². The fraction of sp³-hybridized carbons (Fsp3) is 0.333. The number of benzene rings is 1. The summed E-state index contributed by atoms with van der Waals surface area (Å²) in [6.07, 6.45) is 2.93. The summed E-state index contributed by atoms with van der Waals surface area (Å²) in [5, 5.41) is 3.31. The molecule has 0 aliphatic heterocycles. The highest BCUT2D eigenvalue weighted by molar-refractivity contribution is 14.1. The summed E-state index contributed by atoms with van der Waals surface area (Å²) in [4.78, 5) is 0. The molecule has 14 heavy (non-hydrogen) atoms. The molecule has 0 fully saturated rings. The van der Waals surface area contributed by atoms with Gasteiger partial charge in [0.05, 0.1) is 0 Å². The van der Waals surface area contributed by atoms with Crippen LogP contribution in [0.3, 0.4) is 0 Å². The Bertz CT molecular complexity index is 320. The normalized spacial score (nSPS) is 12.5. The third-order valence-electron chi connectivity index (χ3n) is 2.35. The maximum absolute atomic E-state index is 3.78. The fourth-order valence-electron chi connectivity index (χ4n) is 1.51. The molecular weight excluding hydrogens is 285 g/mol. The van der Waals surface area contributed by atoms with Crippen molar-refractivity contribution < 1.29 is 0 Å². The van der Waals surface area contributed by atoms with Gasteiger partial charge in [-0.2, -0.15) is 0 Å². The van der Waals surface area contributed by atoms with Crippen molar-refractivity contribution in [1.29, 1.82) is 0 Å². The highest BCUT2D eigenvalue weighted by atomic mass is 127. The van der Waals surface area contributed by atoms with Crippen LogP contribution in [0.2, 0.25) is 0 Å². The monoisotopic (exact) mass is 301 g/mol. The average molecular weight is 301 g/mol. The lowest BCUT2D eigenvalue weighted by atomic mass is 10.0. The van der Waals surface area contributed by atoms with Crippen LogP contribution in [0.1, 0.15) is 23.6 Å². The Morgan fingerprint density at radius 3 is 2.86 bits per heavy atom. The summed E-state index contributed by atoms with van der Waals surface area (Å²) in [6, 6.07) is 6.82. The van der Waals surface area contributed by atoms with Crippen LogP contribution in [0.5, 0.6) is 0 Å². The van der Waals surface area contributed by atoms with E-state index in [0.717, 1.165) is 6.42 Å². The second-order valence-electron chi connectivity index (χ2n) is 3.34. The van der Waals surface area contributed by atoms with Gasteiger partial charge in [0.1, 0.15) is 0 Å². The van der Waals surface area contributed by atoms with Crippen molar-refractivity contribution >= 4 is 22.6 Å². The Morgan fingerprint density at radius 1 is 1.57 bits per heavy atom. The van der Waals surface area contributed by atoms with Crippen molar-refractivity contribution in [2.24, 2.45) is 0 Å². The van der Waals surface area contributed by atoms with Crippen molar-refractivity contribution in [2.45, 2.75) is 19.4 Å². The lowest BCUT2D eigenvalue weighted by Gasteiger charge is -2.17. The zero-order valence-corrected chi connectivity index (χ0v) is 10.8. The van der Waals surface area contributed by atoms with Crippen LogP contribution in [0.25, 0.3) is 0 Å². The summed E-state index contributed by atoms with van der Waals surface area (Å²) in [7, 11) is 1.99. The molecule has 0 spiro atoms. The molecule has 0 aromatic heterocycles. The van der Waals surface area contributed by atoms with Crippen LogP contribution in [0.15, 0.2) is 30.9 Å². The highest BCUT2D eigenvalue weighted by Crippen LogP contribution is 2.24. The predicted molar refractivity (Wildman–Crippen MR) is 70.5 cm³/mol. The molecule has 0 aliphatic carbocycles. The van der Waals surface area contributed by atoms with Gasteiger partial charge in [-0.25, -0.2) is 0 Å². The van der Waals surface area contributed by atoms with Crippen molar-refractivity contribution in [1.82, 2.24) is 5.32 Å². The molecule has 0 saturated heterocycles. The van der Waals surface area contributed by atoms with E-state index in [-0.39, 0.29) is 0 Å². The first-order valence-electron chi connectivity index (χ1n) is 4.74. The third kappa shape index (κ3) is 2.58.